The Morgan fingerprint density at radius 2 is 1.63 bits per heavy atom. The molecule has 0 saturated carbocycles. The molecule has 2 rings (SSSR count). The Bertz CT molecular complexity index is 524. The lowest BCUT2D eigenvalue weighted by molar-refractivity contribution is 0.584. The molecule has 1 heterocycles. The van der Waals surface area contributed by atoms with Gasteiger partial charge in [0.15, 0.2) is 0 Å². The summed E-state index contributed by atoms with van der Waals surface area (Å²) in [6, 6.07) is 7.93. The lowest BCUT2D eigenvalue weighted by Gasteiger charge is -2.17. The van der Waals surface area contributed by atoms with Crippen LogP contribution >= 0.6 is 0 Å². The van der Waals surface area contributed by atoms with Crippen LogP contribution in [0.1, 0.15) is 31.9 Å². The first-order valence-electron chi connectivity index (χ1n) is 6.37. The fourth-order valence-electron chi connectivity index (χ4n) is 1.63. The Balaban J connectivity index is 2.10. The first kappa shape index (κ1) is 13.5. The zero-order valence-electron chi connectivity index (χ0n) is 11.6. The van der Waals surface area contributed by atoms with Crippen LogP contribution in [-0.4, -0.2) is 9.97 Å². The largest absolute Gasteiger partial charge is 0.326 e. The Morgan fingerprint density at radius 1 is 1.05 bits per heavy atom. The van der Waals surface area contributed by atoms with Gasteiger partial charge in [0.05, 0.1) is 0 Å². The highest BCUT2D eigenvalue weighted by molar-refractivity contribution is 5.53. The van der Waals surface area contributed by atoms with Crippen molar-refractivity contribution in [3.63, 3.8) is 0 Å². The second kappa shape index (κ2) is 5.36. The highest BCUT2D eigenvalue weighted by Gasteiger charge is 2.14. The number of nitrogens with one attached hydrogen (secondary N) is 1. The van der Waals surface area contributed by atoms with Crippen molar-refractivity contribution >= 4 is 11.6 Å². The van der Waals surface area contributed by atoms with Crippen molar-refractivity contribution in [3.8, 4) is 0 Å². The minimum Gasteiger partial charge on any atom is -0.326 e. The van der Waals surface area contributed by atoms with E-state index >= 15 is 0 Å². The molecule has 0 fully saturated rings. The summed E-state index contributed by atoms with van der Waals surface area (Å²) in [7, 11) is 0. The number of anilines is 2. The molecule has 0 spiro atoms. The fraction of sp³-hybridized carbons (Fsp3) is 0.333. The fourth-order valence-corrected chi connectivity index (χ4v) is 1.63. The molecular formula is C15H20N4. The van der Waals surface area contributed by atoms with Crippen LogP contribution in [0.3, 0.4) is 0 Å². The monoisotopic (exact) mass is 256 g/mol. The van der Waals surface area contributed by atoms with Gasteiger partial charge in [-0.2, -0.15) is 0 Å². The molecule has 0 aliphatic rings. The third kappa shape index (κ3) is 3.51. The van der Waals surface area contributed by atoms with E-state index in [1.807, 2.05) is 36.7 Å². The minimum atomic E-state index is 0.0707. The molecule has 0 unspecified atom stereocenters. The van der Waals surface area contributed by atoms with Crippen molar-refractivity contribution in [2.45, 2.75) is 32.7 Å². The van der Waals surface area contributed by atoms with Gasteiger partial charge in [0.25, 0.3) is 0 Å². The molecule has 0 amide bonds. The average Bonchev–Trinajstić information content (AvgIpc) is 2.39. The number of nitrogens with two attached hydrogens (primary N) is 1. The van der Waals surface area contributed by atoms with Crippen molar-refractivity contribution < 1.29 is 0 Å². The third-order valence-corrected chi connectivity index (χ3v) is 2.96. The number of nitrogens with zero attached hydrogens (tertiary/aromatic N) is 2. The SMILES string of the molecule is CC(C)(C)c1cnc(Nc2ccc(CN)cc2)nc1. The van der Waals surface area contributed by atoms with Gasteiger partial charge in [0, 0.05) is 24.6 Å². The van der Waals surface area contributed by atoms with Crippen molar-refractivity contribution in [3.05, 3.63) is 47.8 Å². The van der Waals surface area contributed by atoms with E-state index in [0.29, 0.717) is 12.5 Å². The molecule has 0 aliphatic carbocycles. The van der Waals surface area contributed by atoms with Crippen LogP contribution < -0.4 is 11.1 Å². The molecule has 2 aromatic rings. The predicted molar refractivity (Wildman–Crippen MR) is 78.3 cm³/mol. The molecule has 19 heavy (non-hydrogen) atoms. The standard InChI is InChI=1S/C15H20N4/c1-15(2,3)12-9-17-14(18-10-12)19-13-6-4-11(8-16)5-7-13/h4-7,9-10H,8,16H2,1-3H3,(H,17,18,19). The molecule has 3 N–H and O–H groups in total. The molecule has 0 aliphatic heterocycles. The van der Waals surface area contributed by atoms with E-state index in [2.05, 4.69) is 36.1 Å². The van der Waals surface area contributed by atoms with Gasteiger partial charge in [-0.1, -0.05) is 32.9 Å². The Morgan fingerprint density at radius 3 is 2.11 bits per heavy atom. The van der Waals surface area contributed by atoms with E-state index in [1.165, 1.54) is 0 Å². The van der Waals surface area contributed by atoms with E-state index in [1.54, 1.807) is 0 Å². The molecule has 0 saturated heterocycles. The van der Waals surface area contributed by atoms with Crippen molar-refractivity contribution in [2.24, 2.45) is 5.73 Å². The lowest BCUT2D eigenvalue weighted by Crippen LogP contribution is -2.12. The van der Waals surface area contributed by atoms with Crippen molar-refractivity contribution in [2.75, 3.05) is 5.32 Å². The second-order valence-electron chi connectivity index (χ2n) is 5.57. The number of hydrogen-bond acceptors (Lipinski definition) is 4. The van der Waals surface area contributed by atoms with Gasteiger partial charge in [0.1, 0.15) is 0 Å². The Labute approximate surface area is 114 Å². The van der Waals surface area contributed by atoms with Crippen LogP contribution in [0.5, 0.6) is 0 Å². The minimum absolute atomic E-state index is 0.0707. The first-order valence-corrected chi connectivity index (χ1v) is 6.37. The summed E-state index contributed by atoms with van der Waals surface area (Å²) in [4.78, 5) is 8.67. The van der Waals surface area contributed by atoms with Gasteiger partial charge in [-0.3, -0.25) is 0 Å². The molecule has 4 heteroatoms. The van der Waals surface area contributed by atoms with Crippen molar-refractivity contribution in [1.29, 1.82) is 0 Å². The molecule has 0 bridgehead atoms. The Hall–Kier alpha value is -1.94. The molecule has 1 aromatic heterocycles. The van der Waals surface area contributed by atoms with Crippen LogP contribution in [0.2, 0.25) is 0 Å². The summed E-state index contributed by atoms with van der Waals surface area (Å²) in [5.74, 6) is 0.605. The molecule has 100 valence electrons. The quantitative estimate of drug-likeness (QED) is 0.886. The van der Waals surface area contributed by atoms with Crippen LogP contribution in [0, 0.1) is 0 Å². The lowest BCUT2D eigenvalue weighted by atomic mass is 9.89. The molecule has 1 aromatic carbocycles. The number of benzene rings is 1. The number of hydrogen-bond donors (Lipinski definition) is 2. The Kier molecular flexibility index (Phi) is 3.81. The number of rotatable bonds is 3. The van der Waals surface area contributed by atoms with E-state index in [4.69, 9.17) is 5.73 Å². The van der Waals surface area contributed by atoms with Gasteiger partial charge in [-0.05, 0) is 28.7 Å². The smallest absolute Gasteiger partial charge is 0.227 e. The van der Waals surface area contributed by atoms with Gasteiger partial charge >= 0.3 is 0 Å². The normalized spacial score (nSPS) is 11.4. The summed E-state index contributed by atoms with van der Waals surface area (Å²) < 4.78 is 0. The summed E-state index contributed by atoms with van der Waals surface area (Å²) in [6.45, 7) is 6.98. The summed E-state index contributed by atoms with van der Waals surface area (Å²) in [5.41, 5.74) is 8.82. The summed E-state index contributed by atoms with van der Waals surface area (Å²) in [6.07, 6.45) is 3.73. The highest BCUT2D eigenvalue weighted by Crippen LogP contribution is 2.21. The summed E-state index contributed by atoms with van der Waals surface area (Å²) >= 11 is 0. The van der Waals surface area contributed by atoms with E-state index in [9.17, 15) is 0 Å². The zero-order chi connectivity index (χ0) is 13.9. The predicted octanol–water partition coefficient (Wildman–Crippen LogP) is 2.98. The molecular weight excluding hydrogens is 236 g/mol. The van der Waals surface area contributed by atoms with Gasteiger partial charge in [0.2, 0.25) is 5.95 Å². The van der Waals surface area contributed by atoms with Gasteiger partial charge in [-0.25, -0.2) is 9.97 Å². The van der Waals surface area contributed by atoms with Gasteiger partial charge in [-0.15, -0.1) is 0 Å². The molecule has 0 radical (unpaired) electrons. The van der Waals surface area contributed by atoms with Gasteiger partial charge < -0.3 is 11.1 Å². The van der Waals surface area contributed by atoms with Crippen molar-refractivity contribution in [1.82, 2.24) is 9.97 Å². The maximum Gasteiger partial charge on any atom is 0.227 e. The first-order chi connectivity index (χ1) is 8.99. The molecule has 4 nitrogen and oxygen atoms in total. The maximum atomic E-state index is 5.56. The zero-order valence-corrected chi connectivity index (χ0v) is 11.6. The average molecular weight is 256 g/mol. The number of aromatic nitrogens is 2. The van der Waals surface area contributed by atoms with E-state index < -0.39 is 0 Å². The van der Waals surface area contributed by atoms with E-state index in [-0.39, 0.29) is 5.41 Å². The van der Waals surface area contributed by atoms with Crippen LogP contribution in [0.15, 0.2) is 36.7 Å². The third-order valence-electron chi connectivity index (χ3n) is 2.96. The highest BCUT2D eigenvalue weighted by atomic mass is 15.1. The van der Waals surface area contributed by atoms with Crippen LogP contribution in [0.4, 0.5) is 11.6 Å². The van der Waals surface area contributed by atoms with Crippen LogP contribution in [0.25, 0.3) is 0 Å². The maximum absolute atomic E-state index is 5.56. The van der Waals surface area contributed by atoms with E-state index in [0.717, 1.165) is 16.8 Å². The molecule has 0 atom stereocenters. The topological polar surface area (TPSA) is 63.8 Å². The van der Waals surface area contributed by atoms with Crippen LogP contribution in [-0.2, 0) is 12.0 Å². The summed E-state index contributed by atoms with van der Waals surface area (Å²) in [5, 5.41) is 3.17. The second-order valence-corrected chi connectivity index (χ2v) is 5.57.